The number of hydrazone groups is 1. The van der Waals surface area contributed by atoms with Crippen molar-refractivity contribution in [3.8, 4) is 22.9 Å². The van der Waals surface area contributed by atoms with Crippen LogP contribution in [0.25, 0.3) is 35.1 Å². The number of nitro groups is 1. The predicted molar refractivity (Wildman–Crippen MR) is 176 cm³/mol. The van der Waals surface area contributed by atoms with Gasteiger partial charge in [-0.1, -0.05) is 84.9 Å². The van der Waals surface area contributed by atoms with Crippen LogP contribution in [0.3, 0.4) is 0 Å². The number of hydrogen-bond donors (Lipinski definition) is 0. The summed E-state index contributed by atoms with van der Waals surface area (Å²) in [7, 11) is 0. The number of nitrogens with zero attached hydrogens (tertiary/aromatic N) is 5. The predicted octanol–water partition coefficient (Wildman–Crippen LogP) is 8.84. The molecule has 0 N–H and O–H groups in total. The molecule has 1 aliphatic rings. The van der Waals surface area contributed by atoms with Crippen molar-refractivity contribution in [2.24, 2.45) is 5.10 Å². The van der Waals surface area contributed by atoms with Crippen LogP contribution in [-0.2, 0) is 0 Å². The van der Waals surface area contributed by atoms with Crippen LogP contribution in [-0.4, -0.2) is 20.8 Å². The molecule has 218 valence electrons. The van der Waals surface area contributed by atoms with Crippen LogP contribution in [0.15, 0.2) is 143 Å². The molecule has 45 heavy (non-hydrogen) atoms. The van der Waals surface area contributed by atoms with Gasteiger partial charge in [0, 0.05) is 29.7 Å². The fraction of sp³-hybridized carbons (Fsp3) is 0.0541. The zero-order chi connectivity index (χ0) is 30.6. The van der Waals surface area contributed by atoms with E-state index >= 15 is 0 Å². The van der Waals surface area contributed by atoms with E-state index in [1.165, 1.54) is 12.1 Å². The molecule has 0 aliphatic carbocycles. The van der Waals surface area contributed by atoms with Gasteiger partial charge in [-0.05, 0) is 70.8 Å². The Morgan fingerprint density at radius 1 is 0.667 bits per heavy atom. The van der Waals surface area contributed by atoms with Gasteiger partial charge in [-0.15, -0.1) is 10.2 Å². The van der Waals surface area contributed by atoms with Crippen molar-refractivity contribution < 1.29 is 9.34 Å². The van der Waals surface area contributed by atoms with E-state index in [1.807, 2.05) is 77.8 Å². The van der Waals surface area contributed by atoms with E-state index in [2.05, 4.69) is 58.7 Å². The number of rotatable bonds is 8. The Balaban J connectivity index is 1.07. The average molecular weight is 590 g/mol. The Labute approximate surface area is 259 Å². The number of nitro benzene ring substituents is 1. The Bertz CT molecular complexity index is 1980. The molecular weight excluding hydrogens is 562 g/mol. The summed E-state index contributed by atoms with van der Waals surface area (Å²) in [4.78, 5) is 10.7. The molecule has 0 saturated carbocycles. The van der Waals surface area contributed by atoms with Crippen molar-refractivity contribution >= 4 is 29.2 Å². The molecular formula is C37H27N5O3. The van der Waals surface area contributed by atoms with E-state index in [-0.39, 0.29) is 16.7 Å². The quantitative estimate of drug-likeness (QED) is 0.0999. The summed E-state index contributed by atoms with van der Waals surface area (Å²) in [6.45, 7) is 0. The molecule has 0 spiro atoms. The molecule has 0 radical (unpaired) electrons. The molecule has 1 aromatic heterocycles. The molecule has 8 nitrogen and oxygen atoms in total. The molecule has 5 aromatic carbocycles. The summed E-state index contributed by atoms with van der Waals surface area (Å²) < 4.78 is 5.88. The van der Waals surface area contributed by atoms with E-state index in [4.69, 9.17) is 9.52 Å². The molecule has 6 aromatic rings. The van der Waals surface area contributed by atoms with E-state index in [9.17, 15) is 10.1 Å². The van der Waals surface area contributed by atoms with Gasteiger partial charge in [0.25, 0.3) is 5.69 Å². The number of aromatic nitrogens is 2. The first-order chi connectivity index (χ1) is 22.1. The summed E-state index contributed by atoms with van der Waals surface area (Å²) in [5.41, 5.74) is 7.82. The van der Waals surface area contributed by atoms with Gasteiger partial charge in [0.1, 0.15) is 0 Å². The van der Waals surface area contributed by atoms with E-state index in [1.54, 1.807) is 12.1 Å². The maximum absolute atomic E-state index is 11.1. The topological polar surface area (TPSA) is 97.7 Å². The third-order valence-corrected chi connectivity index (χ3v) is 7.74. The smallest absolute Gasteiger partial charge is 0.269 e. The number of anilines is 1. The van der Waals surface area contributed by atoms with Gasteiger partial charge in [0.2, 0.25) is 11.8 Å². The second-order valence-corrected chi connectivity index (χ2v) is 10.7. The molecule has 0 bridgehead atoms. The normalized spacial score (nSPS) is 14.5. The van der Waals surface area contributed by atoms with Gasteiger partial charge in [-0.25, -0.2) is 0 Å². The van der Waals surface area contributed by atoms with Crippen LogP contribution in [0, 0.1) is 10.1 Å². The van der Waals surface area contributed by atoms with Crippen molar-refractivity contribution in [2.75, 3.05) is 5.01 Å². The number of non-ortho nitro benzene ring substituents is 1. The first kappa shape index (κ1) is 27.7. The zero-order valence-corrected chi connectivity index (χ0v) is 24.1. The average Bonchev–Trinajstić information content (AvgIpc) is 3.78. The highest BCUT2D eigenvalue weighted by molar-refractivity contribution is 6.03. The van der Waals surface area contributed by atoms with Gasteiger partial charge >= 0.3 is 0 Å². The first-order valence-corrected chi connectivity index (χ1v) is 14.5. The molecule has 1 aliphatic heterocycles. The highest BCUT2D eigenvalue weighted by Crippen LogP contribution is 2.37. The lowest BCUT2D eigenvalue weighted by atomic mass is 9.98. The zero-order valence-electron chi connectivity index (χ0n) is 24.1. The van der Waals surface area contributed by atoms with Crippen LogP contribution in [0.4, 0.5) is 11.4 Å². The molecule has 8 heteroatoms. The summed E-state index contributed by atoms with van der Waals surface area (Å²) in [6, 6.07) is 42.9. The summed E-state index contributed by atoms with van der Waals surface area (Å²) in [5, 5.41) is 26.5. The van der Waals surface area contributed by atoms with Gasteiger partial charge in [-0.3, -0.25) is 15.1 Å². The fourth-order valence-corrected chi connectivity index (χ4v) is 5.34. The Hall–Kier alpha value is -6.15. The lowest BCUT2D eigenvalue weighted by Gasteiger charge is -2.24. The van der Waals surface area contributed by atoms with Crippen molar-refractivity contribution in [1.29, 1.82) is 0 Å². The molecule has 1 atom stereocenters. The lowest BCUT2D eigenvalue weighted by Crippen LogP contribution is -2.18. The van der Waals surface area contributed by atoms with E-state index in [0.29, 0.717) is 18.2 Å². The Morgan fingerprint density at radius 3 is 1.80 bits per heavy atom. The third kappa shape index (κ3) is 6.03. The van der Waals surface area contributed by atoms with Crippen molar-refractivity contribution in [3.63, 3.8) is 0 Å². The third-order valence-electron chi connectivity index (χ3n) is 7.74. The second-order valence-electron chi connectivity index (χ2n) is 10.7. The maximum atomic E-state index is 11.1. The molecule has 1 unspecified atom stereocenters. The molecule has 7 rings (SSSR count). The highest BCUT2D eigenvalue weighted by atomic mass is 16.6. The van der Waals surface area contributed by atoms with Crippen molar-refractivity contribution in [3.05, 3.63) is 166 Å². The van der Waals surface area contributed by atoms with Crippen molar-refractivity contribution in [1.82, 2.24) is 10.2 Å². The first-order valence-electron chi connectivity index (χ1n) is 14.5. The fourth-order valence-electron chi connectivity index (χ4n) is 5.34. The highest BCUT2D eigenvalue weighted by Gasteiger charge is 2.30. The van der Waals surface area contributed by atoms with Gasteiger partial charge in [0.15, 0.2) is 0 Å². The Morgan fingerprint density at radius 2 is 1.20 bits per heavy atom. The standard InChI is InChI=1S/C37H27N5O3/c43-42(44)33-23-19-28(20-24-33)34-25-35(29-7-3-1-4-8-29)41(40-34)32-21-15-27(16-22-32)12-11-26-13-17-31(18-14-26)37-39-38-36(45-37)30-9-5-2-6-10-30/h1-24,35H,25H2. The number of benzene rings is 5. The molecule has 0 fully saturated rings. The maximum Gasteiger partial charge on any atom is 0.269 e. The van der Waals surface area contributed by atoms with Gasteiger partial charge in [0.05, 0.1) is 22.4 Å². The summed E-state index contributed by atoms with van der Waals surface area (Å²) in [6.07, 6.45) is 4.83. The second kappa shape index (κ2) is 12.2. The van der Waals surface area contributed by atoms with Crippen LogP contribution in [0.5, 0.6) is 0 Å². The van der Waals surface area contributed by atoms with E-state index in [0.717, 1.165) is 44.8 Å². The van der Waals surface area contributed by atoms with E-state index < -0.39 is 0 Å². The Kier molecular flexibility index (Phi) is 7.51. The largest absolute Gasteiger partial charge is 0.416 e. The van der Waals surface area contributed by atoms with Gasteiger partial charge in [-0.2, -0.15) is 5.10 Å². The SMILES string of the molecule is O=[N+]([O-])c1ccc(C2=NN(c3ccc(C=Cc4ccc(-c5nnc(-c6ccccc6)o5)cc4)cc3)C(c3ccccc3)C2)cc1. The van der Waals surface area contributed by atoms with Crippen LogP contribution >= 0.6 is 0 Å². The number of hydrogen-bond acceptors (Lipinski definition) is 7. The minimum absolute atomic E-state index is 0.0129. The minimum atomic E-state index is -0.387. The monoisotopic (exact) mass is 589 g/mol. The summed E-state index contributed by atoms with van der Waals surface area (Å²) >= 11 is 0. The van der Waals surface area contributed by atoms with Crippen LogP contribution < -0.4 is 5.01 Å². The minimum Gasteiger partial charge on any atom is -0.416 e. The van der Waals surface area contributed by atoms with Gasteiger partial charge < -0.3 is 4.42 Å². The molecule has 0 amide bonds. The summed E-state index contributed by atoms with van der Waals surface area (Å²) in [5.74, 6) is 0.977. The van der Waals surface area contributed by atoms with Crippen LogP contribution in [0.2, 0.25) is 0 Å². The van der Waals surface area contributed by atoms with Crippen LogP contribution in [0.1, 0.15) is 34.7 Å². The van der Waals surface area contributed by atoms with Crippen molar-refractivity contribution in [2.45, 2.75) is 12.5 Å². The molecule has 0 saturated heterocycles. The molecule has 2 heterocycles. The lowest BCUT2D eigenvalue weighted by molar-refractivity contribution is -0.384.